The number of amides is 1. The molecule has 1 aliphatic carbocycles. The van der Waals surface area contributed by atoms with Gasteiger partial charge in [-0.3, -0.25) is 9.59 Å². The van der Waals surface area contributed by atoms with E-state index in [1.54, 1.807) is 12.1 Å². The molecule has 1 aliphatic rings. The van der Waals surface area contributed by atoms with Gasteiger partial charge in [-0.05, 0) is 48.6 Å². The molecular formula is C25H24N4O6. The summed E-state index contributed by atoms with van der Waals surface area (Å²) in [5.74, 6) is -1.48. The predicted octanol–water partition coefficient (Wildman–Crippen LogP) is 3.59. The van der Waals surface area contributed by atoms with E-state index < -0.39 is 17.9 Å². The van der Waals surface area contributed by atoms with Gasteiger partial charge in [0.15, 0.2) is 17.5 Å². The number of phenolic OH excluding ortho intramolecular Hbond substituents is 1. The molecule has 1 amide bonds. The minimum atomic E-state index is -1.36. The van der Waals surface area contributed by atoms with Crippen LogP contribution in [-0.2, 0) is 4.79 Å². The summed E-state index contributed by atoms with van der Waals surface area (Å²) in [5, 5.41) is 25.7. The van der Waals surface area contributed by atoms with Gasteiger partial charge in [0.1, 0.15) is 11.4 Å². The number of carbonyl (C=O) groups is 2. The van der Waals surface area contributed by atoms with E-state index >= 15 is 0 Å². The zero-order chi connectivity index (χ0) is 24.5. The third-order valence-electron chi connectivity index (χ3n) is 6.42. The fourth-order valence-corrected chi connectivity index (χ4v) is 4.70. The van der Waals surface area contributed by atoms with E-state index in [-0.39, 0.29) is 28.5 Å². The zero-order valence-corrected chi connectivity index (χ0v) is 18.7. The summed E-state index contributed by atoms with van der Waals surface area (Å²) >= 11 is 0. The molecule has 5 rings (SSSR count). The molecule has 10 heteroatoms. The molecule has 0 bridgehead atoms. The molecule has 1 aromatic carbocycles. The largest absolute Gasteiger partial charge is 0.508 e. The summed E-state index contributed by atoms with van der Waals surface area (Å²) in [4.78, 5) is 41.5. The normalized spacial score (nSPS) is 15.2. The lowest BCUT2D eigenvalue weighted by Crippen LogP contribution is -2.34. The number of nitrogens with zero attached hydrogens (tertiary/aromatic N) is 2. The van der Waals surface area contributed by atoms with Gasteiger partial charge >= 0.3 is 5.97 Å². The quantitative estimate of drug-likeness (QED) is 0.332. The van der Waals surface area contributed by atoms with Crippen LogP contribution in [0.5, 0.6) is 5.75 Å². The van der Waals surface area contributed by atoms with Gasteiger partial charge in [0, 0.05) is 11.6 Å². The molecule has 3 heterocycles. The Labute approximate surface area is 199 Å². The lowest BCUT2D eigenvalue weighted by Gasteiger charge is -2.23. The number of aromatic amines is 1. The van der Waals surface area contributed by atoms with Crippen LogP contribution in [0.1, 0.15) is 65.7 Å². The molecule has 0 aliphatic heterocycles. The van der Waals surface area contributed by atoms with Crippen molar-refractivity contribution in [2.24, 2.45) is 0 Å². The number of carboxylic acid groups (broad SMARTS) is 1. The molecule has 0 radical (unpaired) electrons. The molecule has 10 nitrogen and oxygen atoms in total. The maximum absolute atomic E-state index is 13.6. The number of furan rings is 1. The Balaban J connectivity index is 1.54. The van der Waals surface area contributed by atoms with Gasteiger partial charge in [0.2, 0.25) is 0 Å². The van der Waals surface area contributed by atoms with E-state index in [1.165, 1.54) is 36.6 Å². The average molecular weight is 476 g/mol. The molecule has 0 saturated heterocycles. The van der Waals surface area contributed by atoms with E-state index in [0.29, 0.717) is 22.7 Å². The number of carbonyl (C=O) groups excluding carboxylic acids is 1. The topological polar surface area (TPSA) is 150 Å². The lowest BCUT2D eigenvalue weighted by molar-refractivity contribution is -0.139. The van der Waals surface area contributed by atoms with Gasteiger partial charge in [-0.15, -0.1) is 0 Å². The van der Waals surface area contributed by atoms with Crippen LogP contribution in [0.25, 0.3) is 17.1 Å². The highest BCUT2D eigenvalue weighted by Gasteiger charge is 2.28. The SMILES string of the molecule is O=C(N[C@H](C(=O)O)c1ccc(O)cc1)c1cc2[nH]c(-c3ccco3)c(C3CCCCC3)c(=O)n2n1. The summed E-state index contributed by atoms with van der Waals surface area (Å²) < 4.78 is 6.74. The van der Waals surface area contributed by atoms with Crippen LogP contribution >= 0.6 is 0 Å². The number of fused-ring (bicyclic) bond motifs is 1. The van der Waals surface area contributed by atoms with Gasteiger partial charge in [-0.1, -0.05) is 31.4 Å². The number of aromatic nitrogens is 3. The molecule has 1 saturated carbocycles. The van der Waals surface area contributed by atoms with E-state index in [2.05, 4.69) is 15.4 Å². The number of carboxylic acids is 1. The van der Waals surface area contributed by atoms with Crippen molar-refractivity contribution < 1.29 is 24.2 Å². The Morgan fingerprint density at radius 1 is 1.14 bits per heavy atom. The fraction of sp³-hybridized carbons (Fsp3) is 0.280. The first-order valence-corrected chi connectivity index (χ1v) is 11.4. The van der Waals surface area contributed by atoms with Crippen LogP contribution in [0.3, 0.4) is 0 Å². The molecule has 180 valence electrons. The molecule has 1 fully saturated rings. The van der Waals surface area contributed by atoms with Crippen molar-refractivity contribution in [1.82, 2.24) is 19.9 Å². The fourth-order valence-electron chi connectivity index (χ4n) is 4.70. The number of aliphatic carboxylic acids is 1. The minimum Gasteiger partial charge on any atom is -0.508 e. The monoisotopic (exact) mass is 476 g/mol. The second-order valence-corrected chi connectivity index (χ2v) is 8.69. The number of phenols is 1. The van der Waals surface area contributed by atoms with Crippen molar-refractivity contribution in [3.63, 3.8) is 0 Å². The van der Waals surface area contributed by atoms with Crippen LogP contribution in [0.15, 0.2) is 57.9 Å². The molecule has 3 aromatic heterocycles. The average Bonchev–Trinajstić information content (AvgIpc) is 3.54. The van der Waals surface area contributed by atoms with Crippen molar-refractivity contribution in [2.45, 2.75) is 44.1 Å². The Morgan fingerprint density at radius 3 is 2.54 bits per heavy atom. The molecule has 4 aromatic rings. The summed E-state index contributed by atoms with van der Waals surface area (Å²) in [5.41, 5.74) is 1.29. The molecule has 0 spiro atoms. The van der Waals surface area contributed by atoms with Crippen molar-refractivity contribution in [2.75, 3.05) is 0 Å². The Morgan fingerprint density at radius 2 is 1.89 bits per heavy atom. The van der Waals surface area contributed by atoms with Crippen LogP contribution in [0, 0.1) is 0 Å². The Hall–Kier alpha value is -4.34. The van der Waals surface area contributed by atoms with Crippen molar-refractivity contribution in [3.05, 3.63) is 75.9 Å². The summed E-state index contributed by atoms with van der Waals surface area (Å²) in [6.07, 6.45) is 6.48. The first-order chi connectivity index (χ1) is 16.9. The molecule has 1 atom stereocenters. The van der Waals surface area contributed by atoms with Crippen LogP contribution in [-0.4, -0.2) is 36.7 Å². The van der Waals surface area contributed by atoms with Crippen LogP contribution in [0.2, 0.25) is 0 Å². The molecule has 4 N–H and O–H groups in total. The Kier molecular flexibility index (Phi) is 5.86. The molecular weight excluding hydrogens is 452 g/mol. The van der Waals surface area contributed by atoms with E-state index in [1.807, 2.05) is 0 Å². The summed E-state index contributed by atoms with van der Waals surface area (Å²) in [6, 6.07) is 9.05. The maximum Gasteiger partial charge on any atom is 0.330 e. The highest BCUT2D eigenvalue weighted by molar-refractivity contribution is 5.96. The number of rotatable bonds is 6. The lowest BCUT2D eigenvalue weighted by atomic mass is 9.83. The molecule has 0 unspecified atom stereocenters. The van der Waals surface area contributed by atoms with Crippen LogP contribution in [0.4, 0.5) is 0 Å². The number of benzene rings is 1. The van der Waals surface area contributed by atoms with Crippen molar-refractivity contribution in [1.29, 1.82) is 0 Å². The second-order valence-electron chi connectivity index (χ2n) is 8.69. The Bertz CT molecular complexity index is 1430. The van der Waals surface area contributed by atoms with Gasteiger partial charge in [-0.25, -0.2) is 4.79 Å². The molecule has 35 heavy (non-hydrogen) atoms. The summed E-state index contributed by atoms with van der Waals surface area (Å²) in [6.45, 7) is 0. The third-order valence-corrected chi connectivity index (χ3v) is 6.42. The summed E-state index contributed by atoms with van der Waals surface area (Å²) in [7, 11) is 0. The highest BCUT2D eigenvalue weighted by Crippen LogP contribution is 2.35. The van der Waals surface area contributed by atoms with Gasteiger partial charge < -0.3 is 24.9 Å². The second kappa shape index (κ2) is 9.13. The first-order valence-electron chi connectivity index (χ1n) is 11.4. The first kappa shape index (κ1) is 22.5. The van der Waals surface area contributed by atoms with E-state index in [4.69, 9.17) is 4.42 Å². The van der Waals surface area contributed by atoms with Gasteiger partial charge in [-0.2, -0.15) is 9.61 Å². The van der Waals surface area contributed by atoms with Gasteiger partial charge in [0.25, 0.3) is 11.5 Å². The third kappa shape index (κ3) is 4.30. The number of hydrogen-bond acceptors (Lipinski definition) is 6. The van der Waals surface area contributed by atoms with E-state index in [9.17, 15) is 24.6 Å². The van der Waals surface area contributed by atoms with Crippen molar-refractivity contribution >= 4 is 17.5 Å². The number of nitrogens with one attached hydrogen (secondary N) is 2. The zero-order valence-electron chi connectivity index (χ0n) is 18.7. The van der Waals surface area contributed by atoms with E-state index in [0.717, 1.165) is 36.6 Å². The predicted molar refractivity (Wildman–Crippen MR) is 125 cm³/mol. The minimum absolute atomic E-state index is 0.0239. The number of H-pyrrole nitrogens is 1. The van der Waals surface area contributed by atoms with Gasteiger partial charge in [0.05, 0.1) is 12.0 Å². The smallest absolute Gasteiger partial charge is 0.330 e. The number of hydrogen-bond donors (Lipinski definition) is 4. The maximum atomic E-state index is 13.6. The highest BCUT2D eigenvalue weighted by atomic mass is 16.4. The standard InChI is InChI=1S/C25H24N4O6/c30-16-10-8-15(9-11-16)21(25(33)34)27-23(31)17-13-19-26-22(18-7-4-12-35-18)20(24(32)29(19)28-17)14-5-2-1-3-6-14/h4,7-14,21,26,30H,1-3,5-6H2,(H,27,31)(H,33,34)/t21-/m0/s1. The van der Waals surface area contributed by atoms with Crippen LogP contribution < -0.4 is 10.9 Å². The number of aromatic hydroxyl groups is 1. The van der Waals surface area contributed by atoms with Crippen molar-refractivity contribution in [3.8, 4) is 17.2 Å².